The third-order valence-electron chi connectivity index (χ3n) is 4.84. The van der Waals surface area contributed by atoms with Crippen molar-refractivity contribution in [2.45, 2.75) is 6.92 Å². The second-order valence-electron chi connectivity index (χ2n) is 7.51. The number of hydrogen-bond acceptors (Lipinski definition) is 4. The van der Waals surface area contributed by atoms with Gasteiger partial charge in [0.2, 0.25) is 0 Å². The number of nitrogens with one attached hydrogen (secondary N) is 2. The summed E-state index contributed by atoms with van der Waals surface area (Å²) in [5.41, 5.74) is 6.40. The first-order valence-corrected chi connectivity index (χ1v) is 11.1. The van der Waals surface area contributed by atoms with Gasteiger partial charge in [-0.1, -0.05) is 58.4 Å². The Morgan fingerprint density at radius 3 is 2.12 bits per heavy atom. The van der Waals surface area contributed by atoms with Gasteiger partial charge in [0.15, 0.2) is 0 Å². The Hall–Kier alpha value is -3.71. The van der Waals surface area contributed by atoms with Gasteiger partial charge in [-0.05, 0) is 60.5 Å². The summed E-state index contributed by atoms with van der Waals surface area (Å²) in [6.07, 6.45) is 1.63. The molecule has 33 heavy (non-hydrogen) atoms. The van der Waals surface area contributed by atoms with E-state index in [1.54, 1.807) is 37.3 Å². The number of amides is 2. The first-order chi connectivity index (χ1) is 15.8. The molecule has 2 N–H and O–H groups in total. The molecule has 7 heteroatoms. The number of rotatable bonds is 7. The van der Waals surface area contributed by atoms with Gasteiger partial charge in [0.25, 0.3) is 11.8 Å². The fraction of sp³-hybridized carbons (Fsp3) is 0.115. The molecule has 6 nitrogen and oxygen atoms in total. The highest BCUT2D eigenvalue weighted by Crippen LogP contribution is 2.15. The highest BCUT2D eigenvalue weighted by molar-refractivity contribution is 9.10. The van der Waals surface area contributed by atoms with Gasteiger partial charge in [0.05, 0.1) is 5.71 Å². The van der Waals surface area contributed by atoms with E-state index in [0.29, 0.717) is 11.3 Å². The number of halogens is 1. The van der Waals surface area contributed by atoms with Gasteiger partial charge < -0.3 is 10.2 Å². The highest BCUT2D eigenvalue weighted by Gasteiger charge is 2.14. The van der Waals surface area contributed by atoms with Crippen molar-refractivity contribution >= 4 is 45.2 Å². The maximum Gasteiger partial charge on any atom is 0.287 e. The quantitative estimate of drug-likeness (QED) is 0.275. The van der Waals surface area contributed by atoms with E-state index in [0.717, 1.165) is 21.3 Å². The molecule has 0 radical (unpaired) electrons. The molecule has 168 valence electrons. The summed E-state index contributed by atoms with van der Waals surface area (Å²) >= 11 is 3.40. The summed E-state index contributed by atoms with van der Waals surface area (Å²) in [5, 5.41) is 6.92. The van der Waals surface area contributed by atoms with Crippen molar-refractivity contribution < 1.29 is 9.59 Å². The lowest BCUT2D eigenvalue weighted by molar-refractivity contribution is -0.117. The molecular formula is C26H25BrN4O2. The fourth-order valence-electron chi connectivity index (χ4n) is 2.93. The zero-order chi connectivity index (χ0) is 23.8. The van der Waals surface area contributed by atoms with Crippen LogP contribution in [0.25, 0.3) is 6.08 Å². The molecule has 0 bridgehead atoms. The van der Waals surface area contributed by atoms with Crippen LogP contribution in [0, 0.1) is 0 Å². The molecule has 0 aromatic heterocycles. The molecule has 2 amide bonds. The Balaban J connectivity index is 1.84. The van der Waals surface area contributed by atoms with Crippen molar-refractivity contribution in [3.8, 4) is 0 Å². The van der Waals surface area contributed by atoms with Crippen molar-refractivity contribution in [3.63, 3.8) is 0 Å². The molecular weight excluding hydrogens is 480 g/mol. The minimum atomic E-state index is -0.521. The number of hydrazone groups is 1. The summed E-state index contributed by atoms with van der Waals surface area (Å²) in [6, 6.07) is 24.0. The lowest BCUT2D eigenvalue weighted by Crippen LogP contribution is -2.33. The van der Waals surface area contributed by atoms with Crippen molar-refractivity contribution in [1.29, 1.82) is 0 Å². The van der Waals surface area contributed by atoms with Gasteiger partial charge in [0, 0.05) is 29.8 Å². The summed E-state index contributed by atoms with van der Waals surface area (Å²) < 4.78 is 0.956. The van der Waals surface area contributed by atoms with Crippen LogP contribution in [-0.4, -0.2) is 31.6 Å². The van der Waals surface area contributed by atoms with Crippen LogP contribution in [0.15, 0.2) is 94.1 Å². The summed E-state index contributed by atoms with van der Waals surface area (Å²) in [4.78, 5) is 27.7. The predicted octanol–water partition coefficient (Wildman–Crippen LogP) is 4.83. The Labute approximate surface area is 202 Å². The van der Waals surface area contributed by atoms with Crippen LogP contribution in [0.5, 0.6) is 0 Å². The zero-order valence-electron chi connectivity index (χ0n) is 18.7. The Kier molecular flexibility index (Phi) is 8.16. The monoisotopic (exact) mass is 504 g/mol. The largest absolute Gasteiger partial charge is 0.378 e. The number of anilines is 1. The number of benzene rings is 3. The average Bonchev–Trinajstić information content (AvgIpc) is 2.83. The van der Waals surface area contributed by atoms with Crippen molar-refractivity contribution in [2.24, 2.45) is 5.10 Å². The molecule has 0 aliphatic carbocycles. The fourth-order valence-corrected chi connectivity index (χ4v) is 3.19. The summed E-state index contributed by atoms with van der Waals surface area (Å²) in [5.74, 6) is -0.900. The number of carbonyl (C=O) groups is 2. The Morgan fingerprint density at radius 2 is 1.52 bits per heavy atom. The van der Waals surface area contributed by atoms with Crippen LogP contribution in [0.4, 0.5) is 5.69 Å². The van der Waals surface area contributed by atoms with Crippen LogP contribution >= 0.6 is 15.9 Å². The van der Waals surface area contributed by atoms with E-state index >= 15 is 0 Å². The number of hydrogen-bond donors (Lipinski definition) is 2. The highest BCUT2D eigenvalue weighted by atomic mass is 79.9. The van der Waals surface area contributed by atoms with Crippen LogP contribution in [0.3, 0.4) is 0 Å². The molecule has 0 heterocycles. The second-order valence-corrected chi connectivity index (χ2v) is 8.42. The number of carbonyl (C=O) groups excluding carboxylic acids is 2. The molecule has 3 aromatic rings. The third kappa shape index (κ3) is 6.89. The first kappa shape index (κ1) is 23.9. The van der Waals surface area contributed by atoms with Gasteiger partial charge in [0.1, 0.15) is 5.70 Å². The van der Waals surface area contributed by atoms with E-state index in [2.05, 4.69) is 31.8 Å². The van der Waals surface area contributed by atoms with E-state index in [1.807, 2.05) is 73.6 Å². The smallest absolute Gasteiger partial charge is 0.287 e. The van der Waals surface area contributed by atoms with E-state index in [-0.39, 0.29) is 11.6 Å². The van der Waals surface area contributed by atoms with Crippen LogP contribution in [0.1, 0.15) is 28.4 Å². The van der Waals surface area contributed by atoms with Crippen LogP contribution < -0.4 is 15.6 Å². The van der Waals surface area contributed by atoms with E-state index in [1.165, 1.54) is 0 Å². The summed E-state index contributed by atoms with van der Waals surface area (Å²) in [6.45, 7) is 1.80. The molecule has 0 saturated carbocycles. The standard InChI is InChI=1S/C26H25BrN4O2/c1-18(20-11-13-22(27)14-12-20)29-30-26(33)24(28-25(32)21-7-5-4-6-8-21)17-19-9-15-23(16-10-19)31(2)3/h4-17H,1-3H3,(H,28,32)(H,30,33)/b24-17+,29-18-. The third-order valence-corrected chi connectivity index (χ3v) is 5.37. The van der Waals surface area contributed by atoms with E-state index < -0.39 is 5.91 Å². The van der Waals surface area contributed by atoms with Gasteiger partial charge in [-0.3, -0.25) is 9.59 Å². The Morgan fingerprint density at radius 1 is 0.879 bits per heavy atom. The Bertz CT molecular complexity index is 1170. The van der Waals surface area contributed by atoms with Gasteiger partial charge in [-0.2, -0.15) is 5.10 Å². The van der Waals surface area contributed by atoms with Gasteiger partial charge >= 0.3 is 0 Å². The van der Waals surface area contributed by atoms with E-state index in [9.17, 15) is 9.59 Å². The minimum Gasteiger partial charge on any atom is -0.378 e. The van der Waals surface area contributed by atoms with Crippen molar-refractivity contribution in [1.82, 2.24) is 10.7 Å². The van der Waals surface area contributed by atoms with Gasteiger partial charge in [-0.25, -0.2) is 5.43 Å². The van der Waals surface area contributed by atoms with Crippen LogP contribution in [0.2, 0.25) is 0 Å². The maximum atomic E-state index is 13.0. The van der Waals surface area contributed by atoms with Crippen molar-refractivity contribution in [2.75, 3.05) is 19.0 Å². The van der Waals surface area contributed by atoms with Gasteiger partial charge in [-0.15, -0.1) is 0 Å². The van der Waals surface area contributed by atoms with E-state index in [4.69, 9.17) is 0 Å². The lowest BCUT2D eigenvalue weighted by atomic mass is 10.1. The molecule has 3 rings (SSSR count). The first-order valence-electron chi connectivity index (χ1n) is 10.3. The average molecular weight is 505 g/mol. The SMILES string of the molecule is C/C(=N/NC(=O)/C(=C\c1ccc(N(C)C)cc1)NC(=O)c1ccccc1)c1ccc(Br)cc1. The predicted molar refractivity (Wildman–Crippen MR) is 137 cm³/mol. The minimum absolute atomic E-state index is 0.0915. The molecule has 0 aliphatic rings. The molecule has 0 spiro atoms. The molecule has 3 aromatic carbocycles. The van der Waals surface area contributed by atoms with Crippen molar-refractivity contribution in [3.05, 3.63) is 106 Å². The molecule has 0 atom stereocenters. The topological polar surface area (TPSA) is 73.8 Å². The molecule has 0 unspecified atom stereocenters. The lowest BCUT2D eigenvalue weighted by Gasteiger charge is -2.13. The molecule has 0 aliphatic heterocycles. The zero-order valence-corrected chi connectivity index (χ0v) is 20.3. The maximum absolute atomic E-state index is 13.0. The van der Waals surface area contributed by atoms with Crippen LogP contribution in [-0.2, 0) is 4.79 Å². The molecule has 0 saturated heterocycles. The normalized spacial score (nSPS) is 11.6. The molecule has 0 fully saturated rings. The second kappa shape index (κ2) is 11.2. The number of nitrogens with zero attached hydrogens (tertiary/aromatic N) is 2. The summed E-state index contributed by atoms with van der Waals surface area (Å²) in [7, 11) is 3.91.